The lowest BCUT2D eigenvalue weighted by Crippen LogP contribution is -2.35. The lowest BCUT2D eigenvalue weighted by atomic mass is 9.85. The maximum absolute atomic E-state index is 13.4. The van der Waals surface area contributed by atoms with Crippen LogP contribution in [0.3, 0.4) is 0 Å². The molecule has 0 bridgehead atoms. The van der Waals surface area contributed by atoms with Crippen molar-refractivity contribution < 1.29 is 14.0 Å². The molecule has 1 saturated carbocycles. The molecule has 2 aromatic rings. The van der Waals surface area contributed by atoms with Crippen molar-refractivity contribution in [3.05, 3.63) is 59.4 Å². The van der Waals surface area contributed by atoms with Crippen LogP contribution in [0.4, 0.5) is 15.8 Å². The summed E-state index contributed by atoms with van der Waals surface area (Å²) < 4.78 is 13.4. The quantitative estimate of drug-likeness (QED) is 0.510. The monoisotopic (exact) mass is 453 g/mol. The standard InChI is InChI=1S/C27H36FN3O2/c1-5-20(6-2)27(33)31(17-19-10-12-23(28)13-11-19)18-22-16-24(14-15-25(22)30(3)4)29-26(32)21-8-7-9-21/h10-16,20-21H,5-9,17-18H2,1-4H3,(H,29,32). The van der Waals surface area contributed by atoms with Gasteiger partial charge in [0.15, 0.2) is 0 Å². The Morgan fingerprint density at radius 3 is 2.24 bits per heavy atom. The van der Waals surface area contributed by atoms with Crippen LogP contribution in [-0.4, -0.2) is 30.8 Å². The number of hydrogen-bond donors (Lipinski definition) is 1. The minimum Gasteiger partial charge on any atom is -0.377 e. The van der Waals surface area contributed by atoms with Crippen LogP contribution in [0.15, 0.2) is 42.5 Å². The van der Waals surface area contributed by atoms with Gasteiger partial charge in [-0.1, -0.05) is 32.4 Å². The molecule has 0 radical (unpaired) electrons. The number of benzene rings is 2. The van der Waals surface area contributed by atoms with Crippen molar-refractivity contribution in [1.82, 2.24) is 4.90 Å². The fourth-order valence-electron chi connectivity index (χ4n) is 4.26. The predicted molar refractivity (Wildman–Crippen MR) is 131 cm³/mol. The fraction of sp³-hybridized carbons (Fsp3) is 0.481. The molecule has 2 amide bonds. The lowest BCUT2D eigenvalue weighted by molar-refractivity contribution is -0.137. The number of carbonyl (C=O) groups is 2. The van der Waals surface area contributed by atoms with Gasteiger partial charge in [0, 0.05) is 50.4 Å². The van der Waals surface area contributed by atoms with Gasteiger partial charge in [0.1, 0.15) is 5.82 Å². The van der Waals surface area contributed by atoms with Gasteiger partial charge in [-0.15, -0.1) is 0 Å². The third-order valence-corrected chi connectivity index (χ3v) is 6.60. The molecule has 1 aliphatic carbocycles. The summed E-state index contributed by atoms with van der Waals surface area (Å²) in [7, 11) is 3.94. The van der Waals surface area contributed by atoms with E-state index >= 15 is 0 Å². The Balaban J connectivity index is 1.89. The molecule has 5 nitrogen and oxygen atoms in total. The highest BCUT2D eigenvalue weighted by Crippen LogP contribution is 2.30. The largest absolute Gasteiger partial charge is 0.377 e. The van der Waals surface area contributed by atoms with Gasteiger partial charge in [-0.05, 0) is 67.1 Å². The van der Waals surface area contributed by atoms with E-state index in [1.165, 1.54) is 12.1 Å². The van der Waals surface area contributed by atoms with Crippen LogP contribution >= 0.6 is 0 Å². The molecule has 0 heterocycles. The zero-order valence-corrected chi connectivity index (χ0v) is 20.2. The second kappa shape index (κ2) is 11.3. The van der Waals surface area contributed by atoms with Crippen LogP contribution in [0.5, 0.6) is 0 Å². The molecule has 6 heteroatoms. The second-order valence-corrected chi connectivity index (χ2v) is 9.19. The second-order valence-electron chi connectivity index (χ2n) is 9.19. The summed E-state index contributed by atoms with van der Waals surface area (Å²) >= 11 is 0. The van der Waals surface area contributed by atoms with E-state index in [2.05, 4.69) is 5.32 Å². The van der Waals surface area contributed by atoms with E-state index in [9.17, 15) is 14.0 Å². The summed E-state index contributed by atoms with van der Waals surface area (Å²) in [5.74, 6) is -0.0800. The maximum Gasteiger partial charge on any atom is 0.227 e. The first kappa shape index (κ1) is 24.7. The number of nitrogens with zero attached hydrogens (tertiary/aromatic N) is 2. The third kappa shape index (κ3) is 6.34. The van der Waals surface area contributed by atoms with Crippen molar-refractivity contribution in [2.24, 2.45) is 11.8 Å². The Hall–Kier alpha value is -2.89. The Labute approximate surface area is 197 Å². The van der Waals surface area contributed by atoms with E-state index in [1.807, 2.05) is 55.9 Å². The van der Waals surface area contributed by atoms with Crippen LogP contribution in [-0.2, 0) is 22.7 Å². The molecule has 0 aromatic heterocycles. The van der Waals surface area contributed by atoms with Crippen LogP contribution < -0.4 is 10.2 Å². The Bertz CT molecular complexity index is 950. The van der Waals surface area contributed by atoms with E-state index in [-0.39, 0.29) is 29.5 Å². The normalized spacial score (nSPS) is 13.5. The first-order valence-electron chi connectivity index (χ1n) is 12.0. The average Bonchev–Trinajstić information content (AvgIpc) is 2.74. The highest BCUT2D eigenvalue weighted by atomic mass is 19.1. The van der Waals surface area contributed by atoms with E-state index in [0.29, 0.717) is 13.1 Å². The van der Waals surface area contributed by atoms with Gasteiger partial charge in [-0.25, -0.2) is 4.39 Å². The number of nitrogens with one attached hydrogen (secondary N) is 1. The van der Waals surface area contributed by atoms with Crippen molar-refractivity contribution in [1.29, 1.82) is 0 Å². The van der Waals surface area contributed by atoms with Gasteiger partial charge in [-0.2, -0.15) is 0 Å². The lowest BCUT2D eigenvalue weighted by Gasteiger charge is -2.29. The Kier molecular flexibility index (Phi) is 8.48. The Morgan fingerprint density at radius 1 is 1.03 bits per heavy atom. The minimum atomic E-state index is -0.290. The number of hydrogen-bond acceptors (Lipinski definition) is 3. The number of anilines is 2. The number of carbonyl (C=O) groups excluding carboxylic acids is 2. The van der Waals surface area contributed by atoms with Crippen molar-refractivity contribution in [2.45, 2.75) is 59.0 Å². The molecule has 1 N–H and O–H groups in total. The molecule has 33 heavy (non-hydrogen) atoms. The molecule has 0 aliphatic heterocycles. The molecule has 0 saturated heterocycles. The average molecular weight is 454 g/mol. The summed E-state index contributed by atoms with van der Waals surface area (Å²) in [6.07, 6.45) is 4.55. The highest BCUT2D eigenvalue weighted by Gasteiger charge is 2.26. The smallest absolute Gasteiger partial charge is 0.227 e. The minimum absolute atomic E-state index is 0.0604. The van der Waals surface area contributed by atoms with Gasteiger partial charge in [-0.3, -0.25) is 9.59 Å². The van der Waals surface area contributed by atoms with Crippen LogP contribution in [0.25, 0.3) is 0 Å². The summed E-state index contributed by atoms with van der Waals surface area (Å²) in [6.45, 7) is 4.88. The van der Waals surface area contributed by atoms with Gasteiger partial charge >= 0.3 is 0 Å². The number of rotatable bonds is 10. The number of amides is 2. The summed E-state index contributed by atoms with van der Waals surface area (Å²) in [4.78, 5) is 29.8. The van der Waals surface area contributed by atoms with Crippen molar-refractivity contribution >= 4 is 23.2 Å². The summed E-state index contributed by atoms with van der Waals surface area (Å²) in [5.41, 5.74) is 3.60. The number of halogens is 1. The highest BCUT2D eigenvalue weighted by molar-refractivity contribution is 5.93. The van der Waals surface area contributed by atoms with Crippen LogP contribution in [0.1, 0.15) is 57.1 Å². The zero-order chi connectivity index (χ0) is 24.0. The third-order valence-electron chi connectivity index (χ3n) is 6.60. The SMILES string of the molecule is CCC(CC)C(=O)N(Cc1ccc(F)cc1)Cc1cc(NC(=O)C2CCC2)ccc1N(C)C. The molecule has 1 aliphatic rings. The van der Waals surface area contributed by atoms with Gasteiger partial charge in [0.05, 0.1) is 0 Å². The summed E-state index contributed by atoms with van der Waals surface area (Å²) in [5, 5.41) is 3.05. The van der Waals surface area contributed by atoms with E-state index in [1.54, 1.807) is 12.1 Å². The van der Waals surface area contributed by atoms with Crippen LogP contribution in [0.2, 0.25) is 0 Å². The molecule has 2 aromatic carbocycles. The molecule has 178 valence electrons. The molecule has 3 rings (SSSR count). The predicted octanol–water partition coefficient (Wildman–Crippen LogP) is 5.60. The molecule has 0 atom stereocenters. The first-order valence-corrected chi connectivity index (χ1v) is 12.0. The summed E-state index contributed by atoms with van der Waals surface area (Å²) in [6, 6.07) is 12.2. The van der Waals surface area contributed by atoms with E-state index in [0.717, 1.165) is 54.6 Å². The maximum atomic E-state index is 13.4. The molecule has 1 fully saturated rings. The van der Waals surface area contributed by atoms with Gasteiger partial charge in [0.25, 0.3) is 0 Å². The molecule has 0 spiro atoms. The van der Waals surface area contributed by atoms with Crippen molar-refractivity contribution in [2.75, 3.05) is 24.3 Å². The fourth-order valence-corrected chi connectivity index (χ4v) is 4.26. The van der Waals surface area contributed by atoms with Crippen molar-refractivity contribution in [3.8, 4) is 0 Å². The zero-order valence-electron chi connectivity index (χ0n) is 20.2. The topological polar surface area (TPSA) is 52.7 Å². The van der Waals surface area contributed by atoms with E-state index < -0.39 is 0 Å². The van der Waals surface area contributed by atoms with Gasteiger partial charge < -0.3 is 15.1 Å². The molecule has 0 unspecified atom stereocenters. The van der Waals surface area contributed by atoms with E-state index in [4.69, 9.17) is 0 Å². The first-order chi connectivity index (χ1) is 15.8. The molecular formula is C27H36FN3O2. The van der Waals surface area contributed by atoms with Gasteiger partial charge in [0.2, 0.25) is 11.8 Å². The van der Waals surface area contributed by atoms with Crippen molar-refractivity contribution in [3.63, 3.8) is 0 Å². The van der Waals surface area contributed by atoms with Crippen LogP contribution in [0, 0.1) is 17.7 Å². The Morgan fingerprint density at radius 2 is 1.70 bits per heavy atom. The molecular weight excluding hydrogens is 417 g/mol.